The quantitative estimate of drug-likeness (QED) is 0.0206. The molecule has 6 heterocycles. The number of β-lactam (4-membered cyclic amide) rings is 1. The predicted octanol–water partition coefficient (Wildman–Crippen LogP) is 6.54. The number of fused-ring (bicyclic) bond motifs is 5. The highest BCUT2D eigenvalue weighted by molar-refractivity contribution is 7.92. The van der Waals surface area contributed by atoms with Crippen molar-refractivity contribution in [1.82, 2.24) is 20.1 Å². The number of halogens is 1. The average Bonchev–Trinajstić information content (AvgIpc) is 3.76. The first kappa shape index (κ1) is 55.6. The van der Waals surface area contributed by atoms with Crippen molar-refractivity contribution < 1.29 is 66.3 Å². The predicted molar refractivity (Wildman–Crippen MR) is 290 cm³/mol. The number of esters is 1. The molecular weight excluding hydrogens is 1060 g/mol. The highest BCUT2D eigenvalue weighted by Gasteiger charge is 2.62. The van der Waals surface area contributed by atoms with Crippen molar-refractivity contribution in [2.45, 2.75) is 77.0 Å². The molecule has 4 atom stereocenters. The Labute approximate surface area is 463 Å². The number of thiazole rings is 1. The number of amides is 3. The van der Waals surface area contributed by atoms with Gasteiger partial charge in [0.05, 0.1) is 68.7 Å². The third-order valence-electron chi connectivity index (χ3n) is 14.5. The minimum Gasteiger partial charge on any atom is -0.614 e. The number of rotatable bonds is 21. The third-order valence-corrected chi connectivity index (χ3v) is 17.3. The van der Waals surface area contributed by atoms with Crippen LogP contribution in [0.25, 0.3) is 0 Å². The van der Waals surface area contributed by atoms with Gasteiger partial charge in [0.1, 0.15) is 60.8 Å². The molecule has 19 nitrogen and oxygen atoms in total. The second kappa shape index (κ2) is 24.2. The number of aryl methyl sites for hydroxylation is 1. The number of methoxy groups -OCH3 is 3. The Kier molecular flexibility index (Phi) is 17.3. The Bertz CT molecular complexity index is 3110. The Hall–Kier alpha value is -7.17. The monoisotopic (exact) mass is 1120 g/mol. The van der Waals surface area contributed by atoms with E-state index in [1.807, 2.05) is 53.4 Å². The van der Waals surface area contributed by atoms with Crippen LogP contribution in [0, 0.1) is 6.92 Å². The number of hydrogen-bond donors (Lipinski definition) is 1. The maximum Gasteiger partial charge on any atom is 0.355 e. The van der Waals surface area contributed by atoms with Crippen LogP contribution >= 0.6 is 22.9 Å². The van der Waals surface area contributed by atoms with E-state index in [1.165, 1.54) is 30.1 Å². The standard InChI is InChI=1S/C56H59ClN6O13S2/c1-33(64)34(2)76-60-48(45-31-77-35(3)58-45)52(65)59-49-54(67)62-50(56(68)75-30-38-11-17-43(72-6)18-12-38)39(32-78(69)55(49)62)27-63-24-21-40(22-25-63)61(23-26-63)53(66)44-19-20-46(73-28-36-7-13-41(70-4)14-8-36)51(47(44)57)74-29-37-9-15-42(71-5)16-10-37/h7-20,31,34,40,49,55H,21-30,32H2,1-6H3/p+1/b60-48-/t34-,40?,49+,55+,63?,78?/m0/s1. The van der Waals surface area contributed by atoms with Gasteiger partial charge in [-0.25, -0.2) is 9.78 Å². The van der Waals surface area contributed by atoms with Gasteiger partial charge in [-0.15, -0.1) is 11.3 Å². The van der Waals surface area contributed by atoms with Crippen molar-refractivity contribution in [2.24, 2.45) is 5.16 Å². The summed E-state index contributed by atoms with van der Waals surface area (Å²) >= 11 is 6.65. The van der Waals surface area contributed by atoms with E-state index >= 15 is 0 Å². The van der Waals surface area contributed by atoms with Gasteiger partial charge < -0.3 is 52.5 Å². The molecular formula is C56H60ClN6O13S2+. The molecule has 4 saturated heterocycles. The summed E-state index contributed by atoms with van der Waals surface area (Å²) in [5, 5.41) is 7.85. The average molecular weight is 1120 g/mol. The summed E-state index contributed by atoms with van der Waals surface area (Å²) in [7, 11) is 4.74. The minimum atomic E-state index is -1.81. The molecule has 1 unspecified atom stereocenters. The van der Waals surface area contributed by atoms with Crippen molar-refractivity contribution >= 4 is 69.3 Å². The number of oxime groups is 1. The molecule has 4 fully saturated rings. The van der Waals surface area contributed by atoms with Crippen LogP contribution in [0.3, 0.4) is 0 Å². The van der Waals surface area contributed by atoms with Crippen LogP contribution in [-0.4, -0.2) is 142 Å². The van der Waals surface area contributed by atoms with E-state index in [2.05, 4.69) is 15.5 Å². The van der Waals surface area contributed by atoms with Gasteiger partial charge in [-0.3, -0.25) is 24.1 Å². The first-order valence-corrected chi connectivity index (χ1v) is 27.9. The zero-order valence-corrected chi connectivity index (χ0v) is 46.4. The van der Waals surface area contributed by atoms with Crippen LogP contribution in [0.1, 0.15) is 64.4 Å². The molecule has 1 N–H and O–H groups in total. The Morgan fingerprint density at radius 2 is 1.45 bits per heavy atom. The van der Waals surface area contributed by atoms with E-state index in [-0.39, 0.29) is 83.3 Å². The summed E-state index contributed by atoms with van der Waals surface area (Å²) in [6.07, 6.45) is 0.271. The number of carbonyl (C=O) groups excluding carboxylic acids is 5. The van der Waals surface area contributed by atoms with Gasteiger partial charge in [0.2, 0.25) is 5.37 Å². The summed E-state index contributed by atoms with van der Waals surface area (Å²) in [4.78, 5) is 82.4. The van der Waals surface area contributed by atoms with E-state index in [0.29, 0.717) is 82.6 Å². The second-order valence-electron chi connectivity index (χ2n) is 19.4. The van der Waals surface area contributed by atoms with Crippen LogP contribution in [0.5, 0.6) is 28.7 Å². The molecule has 0 saturated carbocycles. The van der Waals surface area contributed by atoms with E-state index < -0.39 is 46.5 Å². The summed E-state index contributed by atoms with van der Waals surface area (Å²) in [6, 6.07) is 23.8. The summed E-state index contributed by atoms with van der Waals surface area (Å²) in [5.41, 5.74) is 2.96. The molecule has 1 aromatic heterocycles. The van der Waals surface area contributed by atoms with E-state index in [9.17, 15) is 28.5 Å². The molecule has 2 bridgehead atoms. The van der Waals surface area contributed by atoms with Gasteiger partial charge in [-0.1, -0.05) is 53.2 Å². The van der Waals surface area contributed by atoms with E-state index in [0.717, 1.165) is 11.1 Å². The van der Waals surface area contributed by atoms with Crippen LogP contribution in [0.2, 0.25) is 5.02 Å². The fourth-order valence-electron chi connectivity index (χ4n) is 9.91. The highest BCUT2D eigenvalue weighted by Crippen LogP contribution is 2.42. The molecule has 0 radical (unpaired) electrons. The molecule has 22 heteroatoms. The topological polar surface area (TPSA) is 217 Å². The Balaban J connectivity index is 0.961. The number of ketones is 1. The number of benzene rings is 4. The fourth-order valence-corrected chi connectivity index (χ4v) is 12.5. The molecule has 5 aliphatic heterocycles. The van der Waals surface area contributed by atoms with Gasteiger partial charge in [0, 0.05) is 24.3 Å². The van der Waals surface area contributed by atoms with Gasteiger partial charge in [-0.2, -0.15) is 0 Å². The number of Topliss-reactive ketones (excluding diaryl/α,β-unsaturated/α-hetero) is 1. The summed E-state index contributed by atoms with van der Waals surface area (Å²) in [5.74, 6) is -0.396. The molecule has 5 aliphatic rings. The first-order chi connectivity index (χ1) is 37.6. The molecule has 4 aromatic carbocycles. The van der Waals surface area contributed by atoms with Gasteiger partial charge in [0.15, 0.2) is 35.1 Å². The van der Waals surface area contributed by atoms with Crippen LogP contribution < -0.4 is 29.0 Å². The SMILES string of the molecule is COc1ccc(COC(=O)C2=C(C[N+]34CCC(CC3)N(C(=O)c3ccc(OCc5ccc(OC)cc5)c(OCc5ccc(OC)cc5)c3Cl)CC4)C[S+]([O-])[C@@H]3[C@H](NC(=O)/C(=N\O[C@@H](C)C(C)=O)c4csc(C)n4)C(=O)N23)cc1. The lowest BCUT2D eigenvalue weighted by Crippen LogP contribution is -2.75. The van der Waals surface area contributed by atoms with Crippen LogP contribution in [-0.2, 0) is 59.7 Å². The summed E-state index contributed by atoms with van der Waals surface area (Å²) in [6.45, 7) is 7.05. The summed E-state index contributed by atoms with van der Waals surface area (Å²) < 4.78 is 49.5. The molecule has 410 valence electrons. The van der Waals surface area contributed by atoms with Crippen molar-refractivity contribution in [3.8, 4) is 28.7 Å². The lowest BCUT2D eigenvalue weighted by atomic mass is 9.99. The number of nitrogens with one attached hydrogen (secondary N) is 1. The van der Waals surface area contributed by atoms with E-state index in [1.54, 1.807) is 70.0 Å². The zero-order valence-electron chi connectivity index (χ0n) is 44.0. The third kappa shape index (κ3) is 12.1. The number of ether oxygens (including phenoxy) is 6. The molecule has 78 heavy (non-hydrogen) atoms. The Morgan fingerprint density at radius 1 is 0.859 bits per heavy atom. The van der Waals surface area contributed by atoms with Crippen LogP contribution in [0.15, 0.2) is 107 Å². The van der Waals surface area contributed by atoms with Gasteiger partial charge in [-0.05, 0) is 97.2 Å². The molecule has 0 spiro atoms. The number of aromatic nitrogens is 1. The van der Waals surface area contributed by atoms with Gasteiger partial charge in [0.25, 0.3) is 17.7 Å². The molecule has 10 rings (SSSR count). The largest absolute Gasteiger partial charge is 0.614 e. The maximum atomic E-state index is 14.8. The second-order valence-corrected chi connectivity index (χ2v) is 22.4. The molecule has 3 amide bonds. The number of nitrogens with zero attached hydrogens (tertiary/aromatic N) is 5. The minimum absolute atomic E-state index is 0.0266. The molecule has 5 aromatic rings. The number of quaternary nitrogens is 1. The lowest BCUT2D eigenvalue weighted by Gasteiger charge is -2.50. The van der Waals surface area contributed by atoms with Crippen molar-refractivity contribution in [3.05, 3.63) is 140 Å². The maximum absolute atomic E-state index is 14.8. The number of carbonyl (C=O) groups is 5. The van der Waals surface area contributed by atoms with Crippen LogP contribution in [0.4, 0.5) is 0 Å². The number of hydrogen-bond acceptors (Lipinski definition) is 16. The van der Waals surface area contributed by atoms with E-state index in [4.69, 9.17) is 44.9 Å². The molecule has 0 aliphatic carbocycles. The fraction of sp³-hybridized carbons (Fsp3) is 0.375. The van der Waals surface area contributed by atoms with Crippen molar-refractivity contribution in [2.75, 3.05) is 59.8 Å². The van der Waals surface area contributed by atoms with Gasteiger partial charge >= 0.3 is 5.97 Å². The zero-order chi connectivity index (χ0) is 55.3. The number of piperidine rings is 1. The Morgan fingerprint density at radius 3 is 2.01 bits per heavy atom. The smallest absolute Gasteiger partial charge is 0.355 e. The van der Waals surface area contributed by atoms with Crippen molar-refractivity contribution in [1.29, 1.82) is 0 Å². The van der Waals surface area contributed by atoms with Crippen molar-refractivity contribution in [3.63, 3.8) is 0 Å². The lowest BCUT2D eigenvalue weighted by molar-refractivity contribution is -0.924. The normalized spacial score (nSPS) is 21.1. The first-order valence-electron chi connectivity index (χ1n) is 25.3. The highest BCUT2D eigenvalue weighted by atomic mass is 35.5.